The maximum atomic E-state index is 12.5. The molecule has 1 aromatic heterocycles. The number of rotatable bonds is 3. The van der Waals surface area contributed by atoms with Gasteiger partial charge >= 0.3 is 0 Å². The van der Waals surface area contributed by atoms with Gasteiger partial charge in [-0.1, -0.05) is 11.8 Å². The minimum Gasteiger partial charge on any atom is -0.384 e. The lowest BCUT2D eigenvalue weighted by atomic mass is 10.3. The van der Waals surface area contributed by atoms with Crippen LogP contribution in [0.3, 0.4) is 0 Å². The van der Waals surface area contributed by atoms with E-state index in [4.69, 9.17) is 9.84 Å². The maximum absolute atomic E-state index is 12.5. The molecule has 2 rings (SSSR count). The molecule has 1 saturated heterocycles. The van der Waals surface area contributed by atoms with Crippen molar-refractivity contribution in [2.24, 2.45) is 0 Å². The molecule has 1 aliphatic rings. The Hall–Kier alpha value is -1.46. The molecule has 7 heteroatoms. The van der Waals surface area contributed by atoms with Gasteiger partial charge in [0.05, 0.1) is 12.6 Å². The first-order valence-corrected chi connectivity index (χ1v) is 7.60. The van der Waals surface area contributed by atoms with Gasteiger partial charge in [0.2, 0.25) is 10.0 Å². The van der Waals surface area contributed by atoms with Crippen molar-refractivity contribution < 1.29 is 18.3 Å². The van der Waals surface area contributed by atoms with Crippen molar-refractivity contribution >= 4 is 10.0 Å². The molecule has 1 aromatic rings. The number of aliphatic hydroxyl groups is 1. The van der Waals surface area contributed by atoms with Crippen molar-refractivity contribution in [3.8, 4) is 11.8 Å². The molecule has 20 heavy (non-hydrogen) atoms. The topological polar surface area (TPSA) is 79.7 Å². The molecule has 1 unspecified atom stereocenters. The van der Waals surface area contributed by atoms with Gasteiger partial charge in [0.1, 0.15) is 11.5 Å². The number of nitrogens with zero attached hydrogens (tertiary/aromatic N) is 2. The van der Waals surface area contributed by atoms with E-state index in [1.54, 1.807) is 7.05 Å². The van der Waals surface area contributed by atoms with Crippen LogP contribution < -0.4 is 0 Å². The highest BCUT2D eigenvalue weighted by atomic mass is 32.2. The second kappa shape index (κ2) is 6.33. The van der Waals surface area contributed by atoms with Crippen LogP contribution in [-0.4, -0.2) is 55.7 Å². The summed E-state index contributed by atoms with van der Waals surface area (Å²) >= 11 is 0. The van der Waals surface area contributed by atoms with Gasteiger partial charge in [0.15, 0.2) is 0 Å². The summed E-state index contributed by atoms with van der Waals surface area (Å²) in [6, 6.07) is 1.31. The average Bonchev–Trinajstić information content (AvgIpc) is 2.98. The van der Waals surface area contributed by atoms with E-state index in [2.05, 4.69) is 16.8 Å². The van der Waals surface area contributed by atoms with Crippen molar-refractivity contribution in [3.63, 3.8) is 0 Å². The van der Waals surface area contributed by atoms with Crippen LogP contribution >= 0.6 is 0 Å². The third-order valence-electron chi connectivity index (χ3n) is 3.12. The van der Waals surface area contributed by atoms with Crippen molar-refractivity contribution in [1.29, 1.82) is 0 Å². The van der Waals surface area contributed by atoms with Gasteiger partial charge in [-0.15, -0.1) is 0 Å². The van der Waals surface area contributed by atoms with Gasteiger partial charge in [0.25, 0.3) is 0 Å². The van der Waals surface area contributed by atoms with E-state index in [1.807, 2.05) is 0 Å². The molecule has 0 radical (unpaired) electrons. The highest BCUT2D eigenvalue weighted by molar-refractivity contribution is 7.89. The SMILES string of the molecule is CN(C1CCOC1)S(=O)(=O)c1cncc(C#CCO)c1. The van der Waals surface area contributed by atoms with Crippen molar-refractivity contribution in [1.82, 2.24) is 9.29 Å². The molecule has 1 N–H and O–H groups in total. The Kier molecular flexibility index (Phi) is 4.73. The second-order valence-corrected chi connectivity index (χ2v) is 6.41. The lowest BCUT2D eigenvalue weighted by Gasteiger charge is -2.22. The third-order valence-corrected chi connectivity index (χ3v) is 5.00. The van der Waals surface area contributed by atoms with E-state index < -0.39 is 10.0 Å². The van der Waals surface area contributed by atoms with Crippen molar-refractivity contribution in [3.05, 3.63) is 24.0 Å². The highest BCUT2D eigenvalue weighted by Crippen LogP contribution is 2.20. The fourth-order valence-corrected chi connectivity index (χ4v) is 3.30. The van der Waals surface area contributed by atoms with Gasteiger partial charge in [-0.2, -0.15) is 4.31 Å². The van der Waals surface area contributed by atoms with Crippen LogP contribution in [0.4, 0.5) is 0 Å². The Morgan fingerprint density at radius 1 is 1.55 bits per heavy atom. The summed E-state index contributed by atoms with van der Waals surface area (Å²) in [5.41, 5.74) is 0.455. The van der Waals surface area contributed by atoms with Crippen molar-refractivity contribution in [2.75, 3.05) is 26.9 Å². The summed E-state index contributed by atoms with van der Waals surface area (Å²) in [4.78, 5) is 3.99. The van der Waals surface area contributed by atoms with E-state index >= 15 is 0 Å². The molecule has 108 valence electrons. The number of aromatic nitrogens is 1. The number of sulfonamides is 1. The van der Waals surface area contributed by atoms with Gasteiger partial charge in [0, 0.05) is 31.6 Å². The van der Waals surface area contributed by atoms with Crippen LogP contribution in [0.2, 0.25) is 0 Å². The van der Waals surface area contributed by atoms with Gasteiger partial charge < -0.3 is 9.84 Å². The first-order chi connectivity index (χ1) is 9.55. The summed E-state index contributed by atoms with van der Waals surface area (Å²) in [5, 5.41) is 8.65. The molecular weight excluding hydrogens is 280 g/mol. The Bertz CT molecular complexity index is 627. The Balaban J connectivity index is 2.29. The first-order valence-electron chi connectivity index (χ1n) is 6.16. The van der Waals surface area contributed by atoms with Crippen molar-refractivity contribution in [2.45, 2.75) is 17.4 Å². The van der Waals surface area contributed by atoms with Crippen LogP contribution in [0.25, 0.3) is 0 Å². The lowest BCUT2D eigenvalue weighted by molar-refractivity contribution is 0.181. The van der Waals surface area contributed by atoms with Crippen LogP contribution in [0.1, 0.15) is 12.0 Å². The summed E-state index contributed by atoms with van der Waals surface area (Å²) in [5.74, 6) is 5.11. The molecule has 1 atom stereocenters. The normalized spacial score (nSPS) is 18.9. The minimum absolute atomic E-state index is 0.0941. The molecule has 6 nitrogen and oxygen atoms in total. The zero-order valence-electron chi connectivity index (χ0n) is 11.1. The largest absolute Gasteiger partial charge is 0.384 e. The minimum atomic E-state index is -3.61. The van der Waals surface area contributed by atoms with Gasteiger partial charge in [-0.05, 0) is 12.5 Å². The Labute approximate surface area is 118 Å². The lowest BCUT2D eigenvalue weighted by Crippen LogP contribution is -2.37. The molecule has 0 aliphatic carbocycles. The summed E-state index contributed by atoms with van der Waals surface area (Å²) in [6.07, 6.45) is 3.44. The number of likely N-dealkylation sites (N-methyl/N-ethyl adjacent to an activating group) is 1. The summed E-state index contributed by atoms with van der Waals surface area (Å²) in [6.45, 7) is 0.703. The smallest absolute Gasteiger partial charge is 0.244 e. The zero-order chi connectivity index (χ0) is 14.6. The second-order valence-electron chi connectivity index (χ2n) is 4.41. The number of hydrogen-bond donors (Lipinski definition) is 1. The molecule has 0 spiro atoms. The number of pyridine rings is 1. The average molecular weight is 296 g/mol. The predicted octanol–water partition coefficient (Wildman–Crippen LogP) is -0.165. The van der Waals surface area contributed by atoms with E-state index in [-0.39, 0.29) is 17.5 Å². The number of aliphatic hydroxyl groups excluding tert-OH is 1. The predicted molar refractivity (Wildman–Crippen MR) is 72.4 cm³/mol. The number of hydrogen-bond acceptors (Lipinski definition) is 5. The van der Waals surface area contributed by atoms with E-state index in [1.165, 1.54) is 22.8 Å². The van der Waals surface area contributed by atoms with Gasteiger partial charge in [-0.25, -0.2) is 8.42 Å². The molecule has 0 bridgehead atoms. The van der Waals surface area contributed by atoms with E-state index in [9.17, 15) is 8.42 Å². The van der Waals surface area contributed by atoms with Gasteiger partial charge in [-0.3, -0.25) is 4.98 Å². The Morgan fingerprint density at radius 3 is 3.00 bits per heavy atom. The zero-order valence-corrected chi connectivity index (χ0v) is 11.9. The quantitative estimate of drug-likeness (QED) is 0.784. The number of ether oxygens (including phenoxy) is 1. The molecule has 1 fully saturated rings. The van der Waals surface area contributed by atoms with Crippen LogP contribution in [0, 0.1) is 11.8 Å². The highest BCUT2D eigenvalue weighted by Gasteiger charge is 2.30. The molecule has 1 aliphatic heterocycles. The standard InChI is InChI=1S/C13H16N2O4S/c1-15(12-4-6-19-10-12)20(17,18)13-7-11(3-2-5-16)8-14-9-13/h7-9,12,16H,4-6,10H2,1H3. The molecule has 2 heterocycles. The first kappa shape index (κ1) is 14.9. The Morgan fingerprint density at radius 2 is 2.35 bits per heavy atom. The van der Waals surface area contributed by atoms with Crippen LogP contribution in [-0.2, 0) is 14.8 Å². The third kappa shape index (κ3) is 3.16. The van der Waals surface area contributed by atoms with Crippen LogP contribution in [0.15, 0.2) is 23.4 Å². The molecular formula is C13H16N2O4S. The van der Waals surface area contributed by atoms with E-state index in [0.717, 1.165) is 0 Å². The summed E-state index contributed by atoms with van der Waals surface area (Å²) < 4.78 is 31.5. The fourth-order valence-electron chi connectivity index (χ4n) is 1.94. The summed E-state index contributed by atoms with van der Waals surface area (Å²) in [7, 11) is -2.07. The maximum Gasteiger partial charge on any atom is 0.244 e. The van der Waals surface area contributed by atoms with Crippen LogP contribution in [0.5, 0.6) is 0 Å². The molecule has 0 saturated carbocycles. The fraction of sp³-hybridized carbons (Fsp3) is 0.462. The van der Waals surface area contributed by atoms with E-state index in [0.29, 0.717) is 25.2 Å². The molecule has 0 aromatic carbocycles. The molecule has 0 amide bonds. The monoisotopic (exact) mass is 296 g/mol.